The van der Waals surface area contributed by atoms with Crippen LogP contribution in [0.15, 0.2) is 11.6 Å². The zero-order valence-electron chi connectivity index (χ0n) is 8.40. The van der Waals surface area contributed by atoms with Crippen molar-refractivity contribution in [2.75, 3.05) is 5.32 Å². The van der Waals surface area contributed by atoms with Gasteiger partial charge in [-0.15, -0.1) is 11.3 Å². The van der Waals surface area contributed by atoms with Crippen molar-refractivity contribution in [3.8, 4) is 0 Å². The number of rotatable bonds is 3. The number of carboxylic acid groups (broad SMARTS) is 1. The Labute approximate surface area is 92.3 Å². The average molecular weight is 226 g/mol. The first-order valence-electron chi connectivity index (χ1n) is 5.14. The van der Waals surface area contributed by atoms with Crippen molar-refractivity contribution >= 4 is 22.4 Å². The zero-order chi connectivity index (χ0) is 10.7. The minimum Gasteiger partial charge on any atom is -0.480 e. The lowest BCUT2D eigenvalue weighted by Gasteiger charge is -2.33. The van der Waals surface area contributed by atoms with Gasteiger partial charge in [-0.3, -0.25) is 0 Å². The predicted molar refractivity (Wildman–Crippen MR) is 59.2 cm³/mol. The molecule has 1 saturated carbocycles. The summed E-state index contributed by atoms with van der Waals surface area (Å²) in [4.78, 5) is 15.4. The van der Waals surface area contributed by atoms with E-state index in [4.69, 9.17) is 0 Å². The van der Waals surface area contributed by atoms with Crippen molar-refractivity contribution < 1.29 is 9.90 Å². The van der Waals surface area contributed by atoms with Gasteiger partial charge in [-0.25, -0.2) is 9.78 Å². The Morgan fingerprint density at radius 1 is 1.47 bits per heavy atom. The Kier molecular flexibility index (Phi) is 2.90. The van der Waals surface area contributed by atoms with E-state index in [0.29, 0.717) is 18.0 Å². The third-order valence-electron chi connectivity index (χ3n) is 2.90. The Balaban J connectivity index is 2.15. The molecular formula is C10H14N2O2S. The minimum absolute atomic E-state index is 0.696. The molecule has 1 heterocycles. The van der Waals surface area contributed by atoms with E-state index in [1.807, 2.05) is 5.38 Å². The molecule has 2 rings (SSSR count). The predicted octanol–water partition coefficient (Wildman–Crippen LogP) is 2.34. The van der Waals surface area contributed by atoms with Gasteiger partial charge in [0.2, 0.25) is 0 Å². The molecule has 5 heteroatoms. The van der Waals surface area contributed by atoms with Crippen LogP contribution in [0.3, 0.4) is 0 Å². The monoisotopic (exact) mass is 226 g/mol. The lowest BCUT2D eigenvalue weighted by Crippen LogP contribution is -2.47. The van der Waals surface area contributed by atoms with Crippen molar-refractivity contribution in [1.29, 1.82) is 0 Å². The normalized spacial score (nSPS) is 19.7. The average Bonchev–Trinajstić information content (AvgIpc) is 2.71. The molecule has 2 N–H and O–H groups in total. The van der Waals surface area contributed by atoms with Crippen molar-refractivity contribution in [1.82, 2.24) is 4.98 Å². The molecule has 0 amide bonds. The Morgan fingerprint density at radius 3 is 2.73 bits per heavy atom. The summed E-state index contributed by atoms with van der Waals surface area (Å²) in [5, 5.41) is 14.9. The molecule has 4 nitrogen and oxygen atoms in total. The largest absolute Gasteiger partial charge is 0.480 e. The van der Waals surface area contributed by atoms with Crippen LogP contribution in [0.5, 0.6) is 0 Å². The van der Waals surface area contributed by atoms with E-state index >= 15 is 0 Å². The zero-order valence-corrected chi connectivity index (χ0v) is 9.22. The molecule has 82 valence electrons. The summed E-state index contributed by atoms with van der Waals surface area (Å²) in [6.45, 7) is 0. The summed E-state index contributed by atoms with van der Waals surface area (Å²) in [6, 6.07) is 0. The maximum atomic E-state index is 11.3. The van der Waals surface area contributed by atoms with E-state index in [1.165, 1.54) is 11.3 Å². The Bertz CT molecular complexity index is 331. The summed E-state index contributed by atoms with van der Waals surface area (Å²) < 4.78 is 0. The van der Waals surface area contributed by atoms with E-state index < -0.39 is 11.5 Å². The van der Waals surface area contributed by atoms with Gasteiger partial charge in [-0.05, 0) is 12.8 Å². The number of thiazole rings is 1. The van der Waals surface area contributed by atoms with Gasteiger partial charge < -0.3 is 10.4 Å². The lowest BCUT2D eigenvalue weighted by atomic mass is 9.82. The number of aromatic nitrogens is 1. The lowest BCUT2D eigenvalue weighted by molar-refractivity contribution is -0.143. The standard InChI is InChI=1S/C10H14N2O2S/c13-8(14)10(4-2-1-3-5-10)12-9-11-6-7-15-9/h6-7H,1-5H2,(H,11,12)(H,13,14). The van der Waals surface area contributed by atoms with Crippen molar-refractivity contribution in [2.24, 2.45) is 0 Å². The molecule has 0 spiro atoms. The first-order chi connectivity index (χ1) is 7.23. The molecular weight excluding hydrogens is 212 g/mol. The number of carboxylic acids is 1. The highest BCUT2D eigenvalue weighted by atomic mass is 32.1. The van der Waals surface area contributed by atoms with Crippen LogP contribution in [0.4, 0.5) is 5.13 Å². The van der Waals surface area contributed by atoms with Gasteiger partial charge in [-0.1, -0.05) is 19.3 Å². The number of anilines is 1. The molecule has 0 aliphatic heterocycles. The molecule has 0 saturated heterocycles. The second-order valence-corrected chi connectivity index (χ2v) is 4.80. The summed E-state index contributed by atoms with van der Waals surface area (Å²) in [5.74, 6) is -0.752. The smallest absolute Gasteiger partial charge is 0.329 e. The molecule has 1 aromatic rings. The van der Waals surface area contributed by atoms with Crippen LogP contribution in [-0.4, -0.2) is 21.6 Å². The van der Waals surface area contributed by atoms with Gasteiger partial charge in [0.05, 0.1) is 0 Å². The van der Waals surface area contributed by atoms with Crippen molar-refractivity contribution in [3.05, 3.63) is 11.6 Å². The topological polar surface area (TPSA) is 62.2 Å². The third kappa shape index (κ3) is 2.12. The molecule has 0 radical (unpaired) electrons. The molecule has 1 aliphatic carbocycles. The Morgan fingerprint density at radius 2 is 2.20 bits per heavy atom. The van der Waals surface area contributed by atoms with Crippen LogP contribution >= 0.6 is 11.3 Å². The molecule has 0 aromatic carbocycles. The fourth-order valence-corrected chi connectivity index (χ4v) is 2.66. The molecule has 0 atom stereocenters. The molecule has 0 unspecified atom stereocenters. The number of nitrogens with zero attached hydrogens (tertiary/aromatic N) is 1. The molecule has 1 aromatic heterocycles. The van der Waals surface area contributed by atoms with Gasteiger partial charge in [0, 0.05) is 11.6 Å². The van der Waals surface area contributed by atoms with E-state index in [1.54, 1.807) is 6.20 Å². The van der Waals surface area contributed by atoms with Crippen LogP contribution in [0.1, 0.15) is 32.1 Å². The highest BCUT2D eigenvalue weighted by Crippen LogP contribution is 2.32. The SMILES string of the molecule is O=C(O)C1(Nc2nccs2)CCCCC1. The summed E-state index contributed by atoms with van der Waals surface area (Å²) in [7, 11) is 0. The van der Waals surface area contributed by atoms with Gasteiger partial charge >= 0.3 is 5.97 Å². The van der Waals surface area contributed by atoms with Gasteiger partial charge in [0.15, 0.2) is 5.13 Å². The van der Waals surface area contributed by atoms with Crippen LogP contribution in [0.2, 0.25) is 0 Å². The van der Waals surface area contributed by atoms with E-state index in [9.17, 15) is 9.90 Å². The van der Waals surface area contributed by atoms with Crippen LogP contribution < -0.4 is 5.32 Å². The highest BCUT2D eigenvalue weighted by Gasteiger charge is 2.39. The number of carbonyl (C=O) groups is 1. The van der Waals surface area contributed by atoms with E-state index in [0.717, 1.165) is 19.3 Å². The number of hydrogen-bond donors (Lipinski definition) is 2. The minimum atomic E-state index is -0.782. The summed E-state index contributed by atoms with van der Waals surface area (Å²) in [6.07, 6.45) is 6.17. The van der Waals surface area contributed by atoms with Crippen LogP contribution in [-0.2, 0) is 4.79 Å². The van der Waals surface area contributed by atoms with Gasteiger partial charge in [0.1, 0.15) is 5.54 Å². The van der Waals surface area contributed by atoms with Crippen LogP contribution in [0, 0.1) is 0 Å². The third-order valence-corrected chi connectivity index (χ3v) is 3.58. The number of hydrogen-bond acceptors (Lipinski definition) is 4. The summed E-state index contributed by atoms with van der Waals surface area (Å²) in [5.41, 5.74) is -0.782. The summed E-state index contributed by atoms with van der Waals surface area (Å²) >= 11 is 1.45. The van der Waals surface area contributed by atoms with Crippen molar-refractivity contribution in [2.45, 2.75) is 37.6 Å². The second-order valence-electron chi connectivity index (χ2n) is 3.91. The van der Waals surface area contributed by atoms with Crippen LogP contribution in [0.25, 0.3) is 0 Å². The van der Waals surface area contributed by atoms with Gasteiger partial charge in [0.25, 0.3) is 0 Å². The molecule has 15 heavy (non-hydrogen) atoms. The quantitative estimate of drug-likeness (QED) is 0.830. The van der Waals surface area contributed by atoms with E-state index in [-0.39, 0.29) is 0 Å². The second kappa shape index (κ2) is 4.18. The molecule has 0 bridgehead atoms. The fraction of sp³-hybridized carbons (Fsp3) is 0.600. The van der Waals surface area contributed by atoms with Crippen molar-refractivity contribution in [3.63, 3.8) is 0 Å². The highest BCUT2D eigenvalue weighted by molar-refractivity contribution is 7.13. The molecule has 1 fully saturated rings. The number of aliphatic carboxylic acids is 1. The Hall–Kier alpha value is -1.10. The number of nitrogens with one attached hydrogen (secondary N) is 1. The first-order valence-corrected chi connectivity index (χ1v) is 6.02. The van der Waals surface area contributed by atoms with E-state index in [2.05, 4.69) is 10.3 Å². The maximum absolute atomic E-state index is 11.3. The fourth-order valence-electron chi connectivity index (χ4n) is 2.04. The van der Waals surface area contributed by atoms with Gasteiger partial charge in [-0.2, -0.15) is 0 Å². The maximum Gasteiger partial charge on any atom is 0.329 e. The first kappa shape index (κ1) is 10.4. The molecule has 1 aliphatic rings.